The molecule has 0 aliphatic carbocycles. The Kier molecular flexibility index (Phi) is 3.48. The molecule has 19 heavy (non-hydrogen) atoms. The number of halogens is 1. The van der Waals surface area contributed by atoms with E-state index < -0.39 is 5.97 Å². The van der Waals surface area contributed by atoms with Crippen LogP contribution in [0.5, 0.6) is 5.75 Å². The minimum absolute atomic E-state index is 0.228. The summed E-state index contributed by atoms with van der Waals surface area (Å²) in [5.74, 6) is -0.796. The van der Waals surface area contributed by atoms with E-state index in [4.69, 9.17) is 26.0 Å². The van der Waals surface area contributed by atoms with E-state index in [2.05, 4.69) is 5.16 Å². The number of aromatic carboxylic acids is 1. The Morgan fingerprint density at radius 2 is 2.11 bits per heavy atom. The van der Waals surface area contributed by atoms with E-state index in [0.29, 0.717) is 22.0 Å². The van der Waals surface area contributed by atoms with Crippen LogP contribution >= 0.6 is 11.6 Å². The molecule has 0 fully saturated rings. The molecule has 5 nitrogen and oxygen atoms in total. The van der Waals surface area contributed by atoms with Crippen LogP contribution in [0, 0.1) is 13.8 Å². The molecule has 0 spiro atoms. The smallest absolute Gasteiger partial charge is 0.374 e. The van der Waals surface area contributed by atoms with E-state index in [9.17, 15) is 4.79 Å². The largest absolute Gasteiger partial charge is 0.496 e. The van der Waals surface area contributed by atoms with Gasteiger partial charge in [-0.25, -0.2) is 4.79 Å². The maximum Gasteiger partial charge on any atom is 0.374 e. The number of nitrogens with zero attached hydrogens (tertiary/aromatic N) is 1. The van der Waals surface area contributed by atoms with Gasteiger partial charge in [0.05, 0.1) is 12.7 Å². The van der Waals surface area contributed by atoms with Crippen LogP contribution in [0.4, 0.5) is 0 Å². The van der Waals surface area contributed by atoms with Crippen molar-refractivity contribution in [1.29, 1.82) is 0 Å². The summed E-state index contributed by atoms with van der Waals surface area (Å²) in [4.78, 5) is 10.8. The quantitative estimate of drug-likeness (QED) is 0.934. The van der Waals surface area contributed by atoms with Gasteiger partial charge in [0.15, 0.2) is 0 Å². The van der Waals surface area contributed by atoms with Crippen LogP contribution in [0.3, 0.4) is 0 Å². The van der Waals surface area contributed by atoms with E-state index in [1.165, 1.54) is 13.2 Å². The van der Waals surface area contributed by atoms with Gasteiger partial charge in [0.25, 0.3) is 0 Å². The molecule has 0 bridgehead atoms. The fourth-order valence-electron chi connectivity index (χ4n) is 1.92. The van der Waals surface area contributed by atoms with Gasteiger partial charge in [-0.05, 0) is 31.0 Å². The molecular formula is C13H12ClNO4. The Morgan fingerprint density at radius 1 is 1.42 bits per heavy atom. The third-order valence-electron chi connectivity index (χ3n) is 2.84. The Morgan fingerprint density at radius 3 is 2.63 bits per heavy atom. The molecule has 0 amide bonds. The van der Waals surface area contributed by atoms with Gasteiger partial charge < -0.3 is 14.4 Å². The molecule has 0 aliphatic heterocycles. The first-order chi connectivity index (χ1) is 8.95. The lowest BCUT2D eigenvalue weighted by Gasteiger charge is -2.13. The summed E-state index contributed by atoms with van der Waals surface area (Å²) in [5.41, 5.74) is 2.63. The van der Waals surface area contributed by atoms with E-state index >= 15 is 0 Å². The van der Waals surface area contributed by atoms with Crippen molar-refractivity contribution >= 4 is 17.6 Å². The third-order valence-corrected chi connectivity index (χ3v) is 3.24. The van der Waals surface area contributed by atoms with Crippen LogP contribution in [0.15, 0.2) is 16.7 Å². The number of ether oxygens (including phenoxy) is 1. The average Bonchev–Trinajstić information content (AvgIpc) is 2.82. The molecular weight excluding hydrogens is 270 g/mol. The maximum atomic E-state index is 10.8. The van der Waals surface area contributed by atoms with Crippen LogP contribution in [0.25, 0.3) is 11.3 Å². The molecule has 1 N–H and O–H groups in total. The van der Waals surface area contributed by atoms with Gasteiger partial charge >= 0.3 is 5.97 Å². The zero-order valence-corrected chi connectivity index (χ0v) is 11.4. The van der Waals surface area contributed by atoms with E-state index in [0.717, 1.165) is 11.1 Å². The van der Waals surface area contributed by atoms with Gasteiger partial charge in [-0.3, -0.25) is 0 Å². The number of hydrogen-bond donors (Lipinski definition) is 1. The van der Waals surface area contributed by atoms with Crippen molar-refractivity contribution in [3.8, 4) is 17.0 Å². The van der Waals surface area contributed by atoms with E-state index in [1.54, 1.807) is 6.07 Å². The normalized spacial score (nSPS) is 10.5. The predicted molar refractivity (Wildman–Crippen MR) is 69.9 cm³/mol. The Labute approximate surface area is 114 Å². The highest BCUT2D eigenvalue weighted by atomic mass is 35.5. The Hall–Kier alpha value is -2.01. The molecule has 0 atom stereocenters. The molecule has 1 aromatic carbocycles. The summed E-state index contributed by atoms with van der Waals surface area (Å²) < 4.78 is 10.1. The second-order valence-electron chi connectivity index (χ2n) is 4.09. The number of aromatic nitrogens is 1. The van der Waals surface area contributed by atoms with Crippen molar-refractivity contribution in [2.75, 3.05) is 7.11 Å². The highest BCUT2D eigenvalue weighted by Crippen LogP contribution is 2.39. The average molecular weight is 282 g/mol. The standard InChI is InChI=1S/C13H12ClNO4/c1-6-4-8(14)7(2)11(12(6)18-3)9-5-10(13(16)17)19-15-9/h4-5H,1-3H3,(H,16,17). The molecule has 2 rings (SSSR count). The lowest BCUT2D eigenvalue weighted by Crippen LogP contribution is -1.95. The van der Waals surface area contributed by atoms with Crippen LogP contribution in [0.2, 0.25) is 5.02 Å². The number of carbonyl (C=O) groups is 1. The third kappa shape index (κ3) is 2.29. The summed E-state index contributed by atoms with van der Waals surface area (Å²) in [6.07, 6.45) is 0. The number of hydrogen-bond acceptors (Lipinski definition) is 4. The fourth-order valence-corrected chi connectivity index (χ4v) is 2.17. The van der Waals surface area contributed by atoms with Gasteiger partial charge in [0.1, 0.15) is 11.4 Å². The summed E-state index contributed by atoms with van der Waals surface area (Å²) in [5, 5.41) is 13.2. The van der Waals surface area contributed by atoms with Gasteiger partial charge in [-0.15, -0.1) is 0 Å². The number of carboxylic acid groups (broad SMARTS) is 1. The topological polar surface area (TPSA) is 72.6 Å². The van der Waals surface area contributed by atoms with Gasteiger partial charge in [0, 0.05) is 11.1 Å². The first kappa shape index (κ1) is 13.4. The van der Waals surface area contributed by atoms with Gasteiger partial charge in [-0.2, -0.15) is 0 Å². The van der Waals surface area contributed by atoms with Gasteiger partial charge in [-0.1, -0.05) is 16.8 Å². The lowest BCUT2D eigenvalue weighted by molar-refractivity contribution is 0.0652. The lowest BCUT2D eigenvalue weighted by atomic mass is 10.0. The summed E-state index contributed by atoms with van der Waals surface area (Å²) >= 11 is 6.14. The molecule has 100 valence electrons. The molecule has 2 aromatic rings. The van der Waals surface area contributed by atoms with Crippen molar-refractivity contribution in [2.45, 2.75) is 13.8 Å². The SMILES string of the molecule is COc1c(C)cc(Cl)c(C)c1-c1cc(C(=O)O)on1. The van der Waals surface area contributed by atoms with Crippen LogP contribution < -0.4 is 4.74 Å². The van der Waals surface area contributed by atoms with Crippen LogP contribution in [-0.2, 0) is 0 Å². The van der Waals surface area contributed by atoms with Crippen LogP contribution in [0.1, 0.15) is 21.7 Å². The number of benzene rings is 1. The highest BCUT2D eigenvalue weighted by Gasteiger charge is 2.20. The molecule has 0 radical (unpaired) electrons. The summed E-state index contributed by atoms with van der Waals surface area (Å²) in [6, 6.07) is 3.14. The first-order valence-corrected chi connectivity index (χ1v) is 5.87. The number of carboxylic acids is 1. The van der Waals surface area contributed by atoms with Crippen molar-refractivity contribution in [3.05, 3.63) is 34.0 Å². The molecule has 6 heteroatoms. The van der Waals surface area contributed by atoms with E-state index in [1.807, 2.05) is 13.8 Å². The maximum absolute atomic E-state index is 10.8. The van der Waals surface area contributed by atoms with Crippen molar-refractivity contribution in [1.82, 2.24) is 5.16 Å². The van der Waals surface area contributed by atoms with Crippen molar-refractivity contribution < 1.29 is 19.2 Å². The zero-order valence-electron chi connectivity index (χ0n) is 10.7. The Balaban J connectivity index is 2.69. The second-order valence-corrected chi connectivity index (χ2v) is 4.50. The molecule has 0 saturated heterocycles. The monoisotopic (exact) mass is 281 g/mol. The Bertz CT molecular complexity index is 648. The van der Waals surface area contributed by atoms with E-state index in [-0.39, 0.29) is 5.76 Å². The van der Waals surface area contributed by atoms with Crippen molar-refractivity contribution in [2.24, 2.45) is 0 Å². The van der Waals surface area contributed by atoms with Gasteiger partial charge in [0.2, 0.25) is 5.76 Å². The second kappa shape index (κ2) is 4.93. The highest BCUT2D eigenvalue weighted by molar-refractivity contribution is 6.32. The minimum Gasteiger partial charge on any atom is -0.496 e. The predicted octanol–water partition coefficient (Wildman–Crippen LogP) is 3.32. The molecule has 1 aromatic heterocycles. The van der Waals surface area contributed by atoms with Crippen LogP contribution in [-0.4, -0.2) is 23.3 Å². The summed E-state index contributed by atoms with van der Waals surface area (Å²) in [6.45, 7) is 3.67. The first-order valence-electron chi connectivity index (χ1n) is 5.49. The number of methoxy groups -OCH3 is 1. The molecule has 0 saturated carbocycles. The molecule has 1 heterocycles. The summed E-state index contributed by atoms with van der Waals surface area (Å²) in [7, 11) is 1.54. The van der Waals surface area contributed by atoms with Crippen molar-refractivity contribution in [3.63, 3.8) is 0 Å². The minimum atomic E-state index is -1.17. The number of rotatable bonds is 3. The number of aryl methyl sites for hydroxylation is 1. The fraction of sp³-hybridized carbons (Fsp3) is 0.231. The zero-order chi connectivity index (χ0) is 14.2. The molecule has 0 aliphatic rings. The molecule has 0 unspecified atom stereocenters.